The van der Waals surface area contributed by atoms with Crippen LogP contribution in [0.3, 0.4) is 0 Å². The van der Waals surface area contributed by atoms with Crippen LogP contribution in [0.5, 0.6) is 0 Å². The molecule has 1 aromatic carbocycles. The van der Waals surface area contributed by atoms with Crippen LogP contribution in [-0.4, -0.2) is 43.2 Å². The normalized spacial score (nSPS) is 24.6. The highest BCUT2D eigenvalue weighted by Crippen LogP contribution is 2.44. The van der Waals surface area contributed by atoms with Gasteiger partial charge in [-0.1, -0.05) is 29.8 Å². The summed E-state index contributed by atoms with van der Waals surface area (Å²) in [4.78, 5) is 18.6. The number of piperidine rings is 1. The molecule has 2 aliphatic heterocycles. The molecule has 2 aromatic rings. The van der Waals surface area contributed by atoms with Gasteiger partial charge in [-0.25, -0.2) is 4.79 Å². The zero-order valence-electron chi connectivity index (χ0n) is 16.1. The van der Waals surface area contributed by atoms with Crippen LogP contribution in [0.15, 0.2) is 47.7 Å². The van der Waals surface area contributed by atoms with Gasteiger partial charge in [-0.05, 0) is 31.4 Å². The number of ether oxygens (including phenoxy) is 2. The molecule has 0 aliphatic carbocycles. The molecule has 0 amide bonds. The van der Waals surface area contributed by atoms with E-state index >= 15 is 0 Å². The first-order chi connectivity index (χ1) is 13.2. The molecule has 0 unspecified atom stereocenters. The molecule has 1 aromatic heterocycles. The van der Waals surface area contributed by atoms with E-state index < -0.39 is 0 Å². The molecule has 27 heavy (non-hydrogen) atoms. The molecule has 142 valence electrons. The molecule has 2 atom stereocenters. The summed E-state index contributed by atoms with van der Waals surface area (Å²) < 4.78 is 10.2. The Kier molecular flexibility index (Phi) is 4.79. The van der Waals surface area contributed by atoms with Crippen LogP contribution in [0.4, 0.5) is 0 Å². The number of carbonyl (C=O) groups is 1. The van der Waals surface area contributed by atoms with Gasteiger partial charge in [0.25, 0.3) is 0 Å². The molecule has 1 fully saturated rings. The molecule has 4 rings (SSSR count). The van der Waals surface area contributed by atoms with Crippen LogP contribution in [-0.2, 0) is 20.7 Å². The molecule has 5 nitrogen and oxygen atoms in total. The number of carbonyl (C=O) groups excluding carboxylic acids is 1. The topological polar surface area (TPSA) is 54.6 Å². The summed E-state index contributed by atoms with van der Waals surface area (Å²) in [5.41, 5.74) is 5.75. The molecule has 0 saturated carbocycles. The smallest absolute Gasteiger partial charge is 0.337 e. The van der Waals surface area contributed by atoms with Crippen molar-refractivity contribution >= 4 is 16.9 Å². The van der Waals surface area contributed by atoms with Gasteiger partial charge in [-0.15, -0.1) is 0 Å². The Bertz CT molecular complexity index is 925. The van der Waals surface area contributed by atoms with Crippen molar-refractivity contribution in [2.75, 3.05) is 27.3 Å². The summed E-state index contributed by atoms with van der Waals surface area (Å²) >= 11 is 0. The summed E-state index contributed by atoms with van der Waals surface area (Å²) in [6.07, 6.45) is 5.57. The number of para-hydroxylation sites is 1. The van der Waals surface area contributed by atoms with Gasteiger partial charge in [0.15, 0.2) is 0 Å². The Morgan fingerprint density at radius 1 is 1.30 bits per heavy atom. The number of nitrogens with one attached hydrogen (secondary N) is 1. The standard InChI is InChI=1S/C22H26N2O3/c1-4-14-12-24-10-9-16-15-7-5-6-8-19(15)23-21(16)20(24)11-17(14)18(13-26-2)22(25)27-3/h4-8,13,17,20,23H,9-12H2,1-3H3/b14-4-,18-13+/t17-,20+/m0/s1. The fourth-order valence-corrected chi connectivity index (χ4v) is 4.68. The van der Waals surface area contributed by atoms with Crippen molar-refractivity contribution in [1.29, 1.82) is 0 Å². The minimum absolute atomic E-state index is 0.000937. The molecule has 1 N–H and O–H groups in total. The third-order valence-electron chi connectivity index (χ3n) is 5.97. The molecular formula is C22H26N2O3. The summed E-state index contributed by atoms with van der Waals surface area (Å²) in [6.45, 7) is 3.94. The quantitative estimate of drug-likeness (QED) is 0.389. The Morgan fingerprint density at radius 2 is 2.11 bits per heavy atom. The number of allylic oxidation sites excluding steroid dienone is 1. The SMILES string of the molecule is C/C=C1/CN2CCc3c([nH]c4ccccc34)[C@H]2C[C@@H]1/C(=C\OC)C(=O)OC. The average Bonchev–Trinajstić information content (AvgIpc) is 3.09. The van der Waals surface area contributed by atoms with Gasteiger partial charge in [0.05, 0.1) is 32.1 Å². The number of fused-ring (bicyclic) bond motifs is 5. The van der Waals surface area contributed by atoms with Gasteiger partial charge in [-0.2, -0.15) is 0 Å². The van der Waals surface area contributed by atoms with Gasteiger partial charge >= 0.3 is 5.97 Å². The zero-order chi connectivity index (χ0) is 19.0. The number of esters is 1. The number of aromatic amines is 1. The summed E-state index contributed by atoms with van der Waals surface area (Å²) in [5, 5.41) is 1.32. The van der Waals surface area contributed by atoms with Crippen molar-refractivity contribution in [2.45, 2.75) is 25.8 Å². The van der Waals surface area contributed by atoms with Crippen LogP contribution in [0, 0.1) is 5.92 Å². The zero-order valence-corrected chi connectivity index (χ0v) is 16.1. The maximum Gasteiger partial charge on any atom is 0.337 e. The van der Waals surface area contributed by atoms with Crippen molar-refractivity contribution in [3.8, 4) is 0 Å². The van der Waals surface area contributed by atoms with E-state index in [0.717, 1.165) is 25.9 Å². The van der Waals surface area contributed by atoms with E-state index in [0.29, 0.717) is 5.57 Å². The Labute approximate surface area is 159 Å². The second-order valence-electron chi connectivity index (χ2n) is 7.25. The predicted molar refractivity (Wildman–Crippen MR) is 105 cm³/mol. The van der Waals surface area contributed by atoms with E-state index in [1.54, 1.807) is 13.4 Å². The lowest BCUT2D eigenvalue weighted by Gasteiger charge is -2.44. The molecule has 0 spiro atoms. The van der Waals surface area contributed by atoms with Crippen LogP contribution >= 0.6 is 0 Å². The minimum atomic E-state index is -0.317. The van der Waals surface area contributed by atoms with Crippen molar-refractivity contribution in [3.05, 3.63) is 59.0 Å². The number of benzene rings is 1. The first-order valence-electron chi connectivity index (χ1n) is 9.47. The number of rotatable bonds is 3. The summed E-state index contributed by atoms with van der Waals surface area (Å²) in [5.74, 6) is -0.316. The van der Waals surface area contributed by atoms with Crippen LogP contribution in [0.2, 0.25) is 0 Å². The Hall–Kier alpha value is -2.53. The lowest BCUT2D eigenvalue weighted by atomic mass is 9.78. The molecule has 2 aliphatic rings. The largest absolute Gasteiger partial charge is 0.504 e. The number of methoxy groups -OCH3 is 2. The monoisotopic (exact) mass is 366 g/mol. The lowest BCUT2D eigenvalue weighted by Crippen LogP contribution is -2.43. The average molecular weight is 366 g/mol. The fourth-order valence-electron chi connectivity index (χ4n) is 4.68. The first kappa shape index (κ1) is 17.9. The lowest BCUT2D eigenvalue weighted by molar-refractivity contribution is -0.137. The highest BCUT2D eigenvalue weighted by atomic mass is 16.5. The Balaban J connectivity index is 1.75. The van der Waals surface area contributed by atoms with Gasteiger partial charge in [-0.3, -0.25) is 4.90 Å². The summed E-state index contributed by atoms with van der Waals surface area (Å²) in [7, 11) is 3.00. The van der Waals surface area contributed by atoms with Crippen LogP contribution in [0.25, 0.3) is 10.9 Å². The van der Waals surface area contributed by atoms with E-state index in [4.69, 9.17) is 9.47 Å². The maximum atomic E-state index is 12.4. The molecule has 0 bridgehead atoms. The van der Waals surface area contributed by atoms with E-state index in [9.17, 15) is 4.79 Å². The van der Waals surface area contributed by atoms with E-state index in [1.807, 2.05) is 6.92 Å². The molecule has 3 heterocycles. The summed E-state index contributed by atoms with van der Waals surface area (Å²) in [6, 6.07) is 8.77. The molecular weight excluding hydrogens is 340 g/mol. The molecule has 5 heteroatoms. The first-order valence-corrected chi connectivity index (χ1v) is 9.47. The second kappa shape index (κ2) is 7.24. The van der Waals surface area contributed by atoms with E-state index in [1.165, 1.54) is 34.8 Å². The Morgan fingerprint density at radius 3 is 2.85 bits per heavy atom. The third kappa shape index (κ3) is 2.96. The third-order valence-corrected chi connectivity index (χ3v) is 5.97. The van der Waals surface area contributed by atoms with Crippen LogP contribution < -0.4 is 0 Å². The van der Waals surface area contributed by atoms with Crippen molar-refractivity contribution in [3.63, 3.8) is 0 Å². The van der Waals surface area contributed by atoms with Crippen molar-refractivity contribution in [1.82, 2.24) is 9.88 Å². The second-order valence-corrected chi connectivity index (χ2v) is 7.25. The number of H-pyrrole nitrogens is 1. The minimum Gasteiger partial charge on any atom is -0.504 e. The van der Waals surface area contributed by atoms with Gasteiger partial charge in [0.2, 0.25) is 0 Å². The number of hydrogen-bond donors (Lipinski definition) is 1. The van der Waals surface area contributed by atoms with Crippen molar-refractivity contribution < 1.29 is 14.3 Å². The highest BCUT2D eigenvalue weighted by Gasteiger charge is 2.40. The van der Waals surface area contributed by atoms with E-state index in [2.05, 4.69) is 40.2 Å². The van der Waals surface area contributed by atoms with Crippen molar-refractivity contribution in [2.24, 2.45) is 5.92 Å². The van der Waals surface area contributed by atoms with E-state index in [-0.39, 0.29) is 17.9 Å². The fraction of sp³-hybridized carbons (Fsp3) is 0.409. The van der Waals surface area contributed by atoms with Gasteiger partial charge < -0.3 is 14.5 Å². The van der Waals surface area contributed by atoms with Gasteiger partial charge in [0.1, 0.15) is 0 Å². The predicted octanol–water partition coefficient (Wildman–Crippen LogP) is 3.74. The van der Waals surface area contributed by atoms with Crippen LogP contribution in [0.1, 0.15) is 30.6 Å². The molecule has 1 saturated heterocycles. The number of hydrogen-bond acceptors (Lipinski definition) is 4. The number of aromatic nitrogens is 1. The maximum absolute atomic E-state index is 12.4. The molecule has 0 radical (unpaired) electrons. The van der Waals surface area contributed by atoms with Gasteiger partial charge in [0, 0.05) is 35.6 Å². The highest BCUT2D eigenvalue weighted by molar-refractivity contribution is 5.89. The number of nitrogens with zero attached hydrogens (tertiary/aromatic N) is 1.